The maximum Gasteiger partial charge on any atom is 0.0410 e. The Balaban J connectivity index is 1.99. The Morgan fingerprint density at radius 1 is 1.39 bits per heavy atom. The van der Waals surface area contributed by atoms with Gasteiger partial charge in [-0.2, -0.15) is 0 Å². The molecule has 1 aromatic heterocycles. The van der Waals surface area contributed by atoms with Gasteiger partial charge >= 0.3 is 0 Å². The average molecular weight is 311 g/mol. The van der Waals surface area contributed by atoms with Gasteiger partial charge in [-0.15, -0.1) is 0 Å². The lowest BCUT2D eigenvalue weighted by atomic mass is 9.92. The maximum atomic E-state index is 4.27. The fourth-order valence-corrected chi connectivity index (χ4v) is 3.33. The molecule has 2 rings (SSSR count). The lowest BCUT2D eigenvalue weighted by Gasteiger charge is -2.24. The number of nitrogens with one attached hydrogen (secondary N) is 1. The van der Waals surface area contributed by atoms with Crippen molar-refractivity contribution in [2.45, 2.75) is 51.5 Å². The first-order valence-corrected chi connectivity index (χ1v) is 7.91. The Kier molecular flexibility index (Phi) is 5.64. The van der Waals surface area contributed by atoms with Gasteiger partial charge in [-0.1, -0.05) is 19.8 Å². The van der Waals surface area contributed by atoms with E-state index in [1.54, 1.807) is 0 Å². The minimum Gasteiger partial charge on any atom is -0.313 e. The lowest BCUT2D eigenvalue weighted by molar-refractivity contribution is 0.356. The van der Waals surface area contributed by atoms with Crippen LogP contribution in [-0.4, -0.2) is 17.6 Å². The smallest absolute Gasteiger partial charge is 0.0410 e. The number of halogens is 1. The van der Waals surface area contributed by atoms with Crippen molar-refractivity contribution in [2.24, 2.45) is 5.92 Å². The van der Waals surface area contributed by atoms with Crippen LogP contribution in [0.1, 0.15) is 44.6 Å². The number of aromatic nitrogens is 1. The summed E-state index contributed by atoms with van der Waals surface area (Å²) in [7, 11) is 0. The quantitative estimate of drug-likeness (QED) is 0.860. The molecule has 0 radical (unpaired) electrons. The fourth-order valence-electron chi connectivity index (χ4n) is 2.92. The van der Waals surface area contributed by atoms with E-state index in [0.29, 0.717) is 6.04 Å². The van der Waals surface area contributed by atoms with Crippen LogP contribution in [0.4, 0.5) is 0 Å². The predicted molar refractivity (Wildman–Crippen MR) is 79.7 cm³/mol. The van der Waals surface area contributed by atoms with Gasteiger partial charge in [0, 0.05) is 22.9 Å². The Morgan fingerprint density at radius 3 is 2.83 bits per heavy atom. The van der Waals surface area contributed by atoms with Crippen molar-refractivity contribution in [3.05, 3.63) is 28.5 Å². The molecule has 1 aliphatic carbocycles. The highest BCUT2D eigenvalue weighted by molar-refractivity contribution is 9.10. The summed E-state index contributed by atoms with van der Waals surface area (Å²) in [6.07, 6.45) is 11.8. The molecule has 1 aromatic rings. The summed E-state index contributed by atoms with van der Waals surface area (Å²) in [6, 6.07) is 2.83. The summed E-state index contributed by atoms with van der Waals surface area (Å²) in [5.41, 5.74) is 1.34. The lowest BCUT2D eigenvalue weighted by Crippen LogP contribution is -2.37. The van der Waals surface area contributed by atoms with Gasteiger partial charge in [0.25, 0.3) is 0 Å². The average Bonchev–Trinajstić information content (AvgIpc) is 2.88. The van der Waals surface area contributed by atoms with E-state index >= 15 is 0 Å². The molecule has 1 unspecified atom stereocenters. The van der Waals surface area contributed by atoms with E-state index in [4.69, 9.17) is 0 Å². The molecule has 0 bridgehead atoms. The van der Waals surface area contributed by atoms with Crippen molar-refractivity contribution in [2.75, 3.05) is 6.54 Å². The third-order valence-corrected chi connectivity index (χ3v) is 4.28. The molecule has 0 spiro atoms. The molecule has 1 atom stereocenters. The molecule has 1 saturated carbocycles. The standard InChI is InChI=1S/C15H23BrN2/c1-2-7-18-15(13-5-3-4-6-13)9-12-8-14(16)11-17-10-12/h8,10-11,13,15,18H,2-7,9H2,1H3. The molecule has 1 fully saturated rings. The molecule has 1 aliphatic rings. The maximum absolute atomic E-state index is 4.27. The highest BCUT2D eigenvalue weighted by Crippen LogP contribution is 2.29. The molecule has 1 N–H and O–H groups in total. The van der Waals surface area contributed by atoms with Crippen LogP contribution in [-0.2, 0) is 6.42 Å². The zero-order chi connectivity index (χ0) is 12.8. The van der Waals surface area contributed by atoms with Gasteiger partial charge in [0.2, 0.25) is 0 Å². The monoisotopic (exact) mass is 310 g/mol. The van der Waals surface area contributed by atoms with Crippen LogP contribution in [0, 0.1) is 5.92 Å². The number of pyridine rings is 1. The molecule has 2 nitrogen and oxygen atoms in total. The normalized spacial score (nSPS) is 18.1. The van der Waals surface area contributed by atoms with E-state index in [2.05, 4.69) is 39.2 Å². The highest BCUT2D eigenvalue weighted by atomic mass is 79.9. The van der Waals surface area contributed by atoms with Gasteiger partial charge in [-0.25, -0.2) is 0 Å². The summed E-state index contributed by atoms with van der Waals surface area (Å²) in [4.78, 5) is 4.27. The molecule has 18 heavy (non-hydrogen) atoms. The first-order valence-electron chi connectivity index (χ1n) is 7.12. The van der Waals surface area contributed by atoms with Gasteiger partial charge in [0.15, 0.2) is 0 Å². The summed E-state index contributed by atoms with van der Waals surface area (Å²) in [5, 5.41) is 3.74. The second-order valence-electron chi connectivity index (χ2n) is 5.32. The number of hydrogen-bond donors (Lipinski definition) is 1. The summed E-state index contributed by atoms with van der Waals surface area (Å²) in [5.74, 6) is 0.857. The minimum atomic E-state index is 0.628. The Hall–Kier alpha value is -0.410. The predicted octanol–water partition coefficient (Wildman–Crippen LogP) is 3.95. The van der Waals surface area contributed by atoms with Crippen LogP contribution >= 0.6 is 15.9 Å². The number of nitrogens with zero attached hydrogens (tertiary/aromatic N) is 1. The van der Waals surface area contributed by atoms with Crippen LogP contribution in [0.5, 0.6) is 0 Å². The van der Waals surface area contributed by atoms with E-state index in [-0.39, 0.29) is 0 Å². The van der Waals surface area contributed by atoms with Gasteiger partial charge in [-0.3, -0.25) is 4.98 Å². The molecular weight excluding hydrogens is 288 g/mol. The molecule has 3 heteroatoms. The third kappa shape index (κ3) is 4.06. The molecule has 0 saturated heterocycles. The van der Waals surface area contributed by atoms with E-state index in [1.807, 2.05) is 12.4 Å². The van der Waals surface area contributed by atoms with Crippen molar-refractivity contribution < 1.29 is 0 Å². The molecule has 0 amide bonds. The minimum absolute atomic E-state index is 0.628. The zero-order valence-electron chi connectivity index (χ0n) is 11.2. The van der Waals surface area contributed by atoms with Crippen molar-refractivity contribution in [3.63, 3.8) is 0 Å². The van der Waals surface area contributed by atoms with Crippen molar-refractivity contribution in [1.29, 1.82) is 0 Å². The second-order valence-corrected chi connectivity index (χ2v) is 6.24. The SMILES string of the molecule is CCCNC(Cc1cncc(Br)c1)C1CCCC1. The Bertz CT molecular complexity index is 361. The fraction of sp³-hybridized carbons (Fsp3) is 0.667. The molecule has 0 aromatic carbocycles. The van der Waals surface area contributed by atoms with Crippen LogP contribution in [0.25, 0.3) is 0 Å². The van der Waals surface area contributed by atoms with Crippen LogP contribution in [0.2, 0.25) is 0 Å². The summed E-state index contributed by atoms with van der Waals surface area (Å²) < 4.78 is 1.08. The van der Waals surface area contributed by atoms with E-state index in [1.165, 1.54) is 37.7 Å². The largest absolute Gasteiger partial charge is 0.313 e. The summed E-state index contributed by atoms with van der Waals surface area (Å²) >= 11 is 3.51. The van der Waals surface area contributed by atoms with Crippen LogP contribution in [0.3, 0.4) is 0 Å². The van der Waals surface area contributed by atoms with Crippen LogP contribution < -0.4 is 5.32 Å². The Labute approximate surface area is 119 Å². The van der Waals surface area contributed by atoms with Gasteiger partial charge in [0.05, 0.1) is 0 Å². The third-order valence-electron chi connectivity index (χ3n) is 3.84. The van der Waals surface area contributed by atoms with Crippen LogP contribution in [0.15, 0.2) is 22.9 Å². The topological polar surface area (TPSA) is 24.9 Å². The van der Waals surface area contributed by atoms with Crippen molar-refractivity contribution in [3.8, 4) is 0 Å². The summed E-state index contributed by atoms with van der Waals surface area (Å²) in [6.45, 7) is 3.36. The molecule has 1 heterocycles. The Morgan fingerprint density at radius 2 is 2.17 bits per heavy atom. The second kappa shape index (κ2) is 7.25. The molecule has 0 aliphatic heterocycles. The first kappa shape index (κ1) is 14.0. The first-order chi connectivity index (χ1) is 8.79. The van der Waals surface area contributed by atoms with Gasteiger partial charge < -0.3 is 5.32 Å². The molecular formula is C15H23BrN2. The van der Waals surface area contributed by atoms with E-state index in [0.717, 1.165) is 23.4 Å². The van der Waals surface area contributed by atoms with Gasteiger partial charge in [-0.05, 0) is 65.7 Å². The van der Waals surface area contributed by atoms with E-state index in [9.17, 15) is 0 Å². The van der Waals surface area contributed by atoms with Gasteiger partial charge in [0.1, 0.15) is 0 Å². The number of hydrogen-bond acceptors (Lipinski definition) is 2. The van der Waals surface area contributed by atoms with Crippen molar-refractivity contribution in [1.82, 2.24) is 10.3 Å². The van der Waals surface area contributed by atoms with Crippen molar-refractivity contribution >= 4 is 15.9 Å². The zero-order valence-corrected chi connectivity index (χ0v) is 12.7. The number of rotatable bonds is 6. The highest BCUT2D eigenvalue weighted by Gasteiger charge is 2.24. The molecule has 100 valence electrons. The van der Waals surface area contributed by atoms with E-state index < -0.39 is 0 Å².